The molecule has 3 rings (SSSR count). The van der Waals surface area contributed by atoms with Gasteiger partial charge >= 0.3 is 6.03 Å². The monoisotopic (exact) mass is 358 g/mol. The number of anilines is 1. The summed E-state index contributed by atoms with van der Waals surface area (Å²) in [6, 6.07) is 6.57. The van der Waals surface area contributed by atoms with Crippen molar-refractivity contribution in [3.63, 3.8) is 0 Å². The van der Waals surface area contributed by atoms with Crippen LogP contribution in [0, 0.1) is 13.8 Å². The van der Waals surface area contributed by atoms with Crippen molar-refractivity contribution in [2.24, 2.45) is 0 Å². The number of carbonyl (C=O) groups excluding carboxylic acids is 1. The Hall–Kier alpha value is -1.92. The second-order valence-corrected chi connectivity index (χ2v) is 8.12. The highest BCUT2D eigenvalue weighted by Crippen LogP contribution is 2.29. The quantitative estimate of drug-likeness (QED) is 0.873. The first-order valence-electron chi connectivity index (χ1n) is 8.75. The molecule has 2 aromatic rings. The Kier molecular flexibility index (Phi) is 5.39. The molecule has 2 N–H and O–H groups in total. The first-order chi connectivity index (χ1) is 11.9. The van der Waals surface area contributed by atoms with Gasteiger partial charge in [0.2, 0.25) is 0 Å². The molecule has 0 spiro atoms. The molecule has 0 radical (unpaired) electrons. The maximum absolute atomic E-state index is 11.8. The Morgan fingerprint density at radius 3 is 2.92 bits per heavy atom. The van der Waals surface area contributed by atoms with Crippen molar-refractivity contribution in [3.05, 3.63) is 45.5 Å². The summed E-state index contributed by atoms with van der Waals surface area (Å²) < 4.78 is 0. The van der Waals surface area contributed by atoms with Gasteiger partial charge in [0.05, 0.1) is 5.69 Å². The molecule has 5 nitrogen and oxygen atoms in total. The molecule has 0 unspecified atom stereocenters. The Bertz CT molecular complexity index is 769. The van der Waals surface area contributed by atoms with Crippen molar-refractivity contribution < 1.29 is 4.79 Å². The van der Waals surface area contributed by atoms with Crippen LogP contribution in [0.15, 0.2) is 18.2 Å². The second kappa shape index (κ2) is 7.54. The lowest BCUT2D eigenvalue weighted by molar-refractivity contribution is 0.246. The molecule has 1 aliphatic rings. The van der Waals surface area contributed by atoms with E-state index in [-0.39, 0.29) is 12.1 Å². The van der Waals surface area contributed by atoms with Gasteiger partial charge in [0.1, 0.15) is 0 Å². The van der Waals surface area contributed by atoms with E-state index in [2.05, 4.69) is 52.6 Å². The maximum Gasteiger partial charge on any atom is 0.321 e. The fraction of sp³-hybridized carbons (Fsp3) is 0.474. The van der Waals surface area contributed by atoms with Crippen LogP contribution in [0.4, 0.5) is 9.93 Å². The van der Waals surface area contributed by atoms with Crippen LogP contribution in [0.25, 0.3) is 0 Å². The highest BCUT2D eigenvalue weighted by atomic mass is 32.1. The standard InChI is InChI=1S/C19H26N4OS/c1-12(2)20-18(24)22-19-21-16-7-8-23(11-17(16)25-19)10-15-9-13(3)5-6-14(15)4/h5-6,9,12H,7-8,10-11H2,1-4H3,(H2,20,21,22,24). The Morgan fingerprint density at radius 1 is 1.36 bits per heavy atom. The van der Waals surface area contributed by atoms with E-state index < -0.39 is 0 Å². The van der Waals surface area contributed by atoms with Crippen molar-refractivity contribution in [1.82, 2.24) is 15.2 Å². The SMILES string of the molecule is Cc1ccc(C)c(CN2CCc3nc(NC(=O)NC(C)C)sc3C2)c1. The van der Waals surface area contributed by atoms with Gasteiger partial charge in [-0.2, -0.15) is 0 Å². The number of carbonyl (C=O) groups is 1. The zero-order valence-electron chi connectivity index (χ0n) is 15.3. The van der Waals surface area contributed by atoms with Crippen molar-refractivity contribution >= 4 is 22.5 Å². The van der Waals surface area contributed by atoms with Crippen LogP contribution in [-0.4, -0.2) is 28.5 Å². The fourth-order valence-electron chi connectivity index (χ4n) is 3.04. The topological polar surface area (TPSA) is 57.3 Å². The van der Waals surface area contributed by atoms with Crippen LogP contribution in [0.3, 0.4) is 0 Å². The normalized spacial score (nSPS) is 14.4. The van der Waals surface area contributed by atoms with Gasteiger partial charge in [0.25, 0.3) is 0 Å². The number of aryl methyl sites for hydroxylation is 2. The minimum Gasteiger partial charge on any atom is -0.336 e. The van der Waals surface area contributed by atoms with Gasteiger partial charge in [-0.1, -0.05) is 23.8 Å². The molecule has 1 aromatic carbocycles. The second-order valence-electron chi connectivity index (χ2n) is 7.03. The zero-order chi connectivity index (χ0) is 18.0. The number of rotatable bonds is 4. The van der Waals surface area contributed by atoms with Crippen molar-refractivity contribution in [2.75, 3.05) is 11.9 Å². The predicted octanol–water partition coefficient (Wildman–Crippen LogP) is 3.85. The van der Waals surface area contributed by atoms with E-state index in [4.69, 9.17) is 0 Å². The number of hydrogen-bond acceptors (Lipinski definition) is 4. The van der Waals surface area contributed by atoms with E-state index in [1.807, 2.05) is 13.8 Å². The maximum atomic E-state index is 11.8. The Labute approximate surface area is 153 Å². The van der Waals surface area contributed by atoms with E-state index in [0.29, 0.717) is 5.13 Å². The van der Waals surface area contributed by atoms with Crippen LogP contribution >= 0.6 is 11.3 Å². The molecule has 6 heteroatoms. The van der Waals surface area contributed by atoms with Crippen LogP contribution < -0.4 is 10.6 Å². The third-order valence-electron chi connectivity index (χ3n) is 4.35. The molecule has 0 aliphatic carbocycles. The third-order valence-corrected chi connectivity index (χ3v) is 5.35. The summed E-state index contributed by atoms with van der Waals surface area (Å²) >= 11 is 1.59. The molecular weight excluding hydrogens is 332 g/mol. The number of amides is 2. The minimum absolute atomic E-state index is 0.114. The molecule has 0 bridgehead atoms. The third kappa shape index (κ3) is 4.58. The smallest absolute Gasteiger partial charge is 0.321 e. The van der Waals surface area contributed by atoms with E-state index >= 15 is 0 Å². The van der Waals surface area contributed by atoms with Crippen LogP contribution in [-0.2, 0) is 19.5 Å². The molecular formula is C19H26N4OS. The van der Waals surface area contributed by atoms with Gasteiger partial charge in [0.15, 0.2) is 5.13 Å². The summed E-state index contributed by atoms with van der Waals surface area (Å²) in [5, 5.41) is 6.37. The number of nitrogens with zero attached hydrogens (tertiary/aromatic N) is 2. The number of aromatic nitrogens is 1. The Morgan fingerprint density at radius 2 is 2.16 bits per heavy atom. The molecule has 0 atom stereocenters. The first kappa shape index (κ1) is 17.9. The lowest BCUT2D eigenvalue weighted by atomic mass is 10.0. The lowest BCUT2D eigenvalue weighted by Crippen LogP contribution is -2.34. The number of urea groups is 1. The van der Waals surface area contributed by atoms with Gasteiger partial charge in [-0.25, -0.2) is 9.78 Å². The summed E-state index contributed by atoms with van der Waals surface area (Å²) in [6.07, 6.45) is 0.935. The predicted molar refractivity (Wildman–Crippen MR) is 103 cm³/mol. The summed E-state index contributed by atoms with van der Waals surface area (Å²) in [6.45, 7) is 11.1. The van der Waals surface area contributed by atoms with E-state index in [1.165, 1.54) is 21.6 Å². The zero-order valence-corrected chi connectivity index (χ0v) is 16.2. The summed E-state index contributed by atoms with van der Waals surface area (Å²) in [5.41, 5.74) is 5.16. The first-order valence-corrected chi connectivity index (χ1v) is 9.57. The van der Waals surface area contributed by atoms with E-state index in [9.17, 15) is 4.79 Å². The molecule has 2 amide bonds. The molecule has 0 fully saturated rings. The van der Waals surface area contributed by atoms with Gasteiger partial charge in [-0.05, 0) is 38.8 Å². The highest BCUT2D eigenvalue weighted by molar-refractivity contribution is 7.15. The number of fused-ring (bicyclic) bond motifs is 1. The molecule has 0 saturated carbocycles. The number of thiazole rings is 1. The number of benzene rings is 1. The molecule has 25 heavy (non-hydrogen) atoms. The van der Waals surface area contributed by atoms with Gasteiger partial charge in [-0.3, -0.25) is 10.2 Å². The molecule has 1 aliphatic heterocycles. The summed E-state index contributed by atoms with van der Waals surface area (Å²) in [4.78, 5) is 20.2. The highest BCUT2D eigenvalue weighted by Gasteiger charge is 2.22. The largest absolute Gasteiger partial charge is 0.336 e. The number of nitrogens with one attached hydrogen (secondary N) is 2. The van der Waals surface area contributed by atoms with Gasteiger partial charge in [-0.15, -0.1) is 11.3 Å². The average Bonchev–Trinajstić information content (AvgIpc) is 2.91. The molecule has 2 heterocycles. The van der Waals surface area contributed by atoms with Gasteiger partial charge in [0, 0.05) is 37.0 Å². The van der Waals surface area contributed by atoms with Crippen LogP contribution in [0.1, 0.15) is 41.1 Å². The molecule has 134 valence electrons. The molecule has 0 saturated heterocycles. The van der Waals surface area contributed by atoms with Gasteiger partial charge < -0.3 is 5.32 Å². The van der Waals surface area contributed by atoms with E-state index in [1.54, 1.807) is 11.3 Å². The van der Waals surface area contributed by atoms with Crippen LogP contribution in [0.2, 0.25) is 0 Å². The average molecular weight is 359 g/mol. The summed E-state index contributed by atoms with van der Waals surface area (Å²) in [7, 11) is 0. The van der Waals surface area contributed by atoms with E-state index in [0.717, 1.165) is 31.7 Å². The fourth-order valence-corrected chi connectivity index (χ4v) is 4.09. The number of hydrogen-bond donors (Lipinski definition) is 2. The van der Waals surface area contributed by atoms with Crippen molar-refractivity contribution in [2.45, 2.75) is 53.2 Å². The van der Waals surface area contributed by atoms with Crippen molar-refractivity contribution in [3.8, 4) is 0 Å². The minimum atomic E-state index is -0.187. The van der Waals surface area contributed by atoms with Crippen LogP contribution in [0.5, 0.6) is 0 Å². The Balaban J connectivity index is 1.65. The summed E-state index contributed by atoms with van der Waals surface area (Å²) in [5.74, 6) is 0. The lowest BCUT2D eigenvalue weighted by Gasteiger charge is -2.26. The van der Waals surface area contributed by atoms with Crippen molar-refractivity contribution in [1.29, 1.82) is 0 Å². The molecule has 1 aromatic heterocycles.